The molecule has 0 aliphatic carbocycles. The first-order valence-electron chi connectivity index (χ1n) is 8.60. The maximum absolute atomic E-state index is 5.88. The summed E-state index contributed by atoms with van der Waals surface area (Å²) in [5.41, 5.74) is 2.33. The monoisotopic (exact) mass is 342 g/mol. The number of para-hydroxylation sites is 2. The van der Waals surface area contributed by atoms with Crippen LogP contribution < -0.4 is 4.74 Å². The minimum atomic E-state index is 0.720. The van der Waals surface area contributed by atoms with E-state index in [-0.39, 0.29) is 0 Å². The zero-order valence-corrected chi connectivity index (χ0v) is 14.8. The van der Waals surface area contributed by atoms with Crippen LogP contribution in [0.5, 0.6) is 5.75 Å². The van der Waals surface area contributed by atoms with Crippen LogP contribution in [0.2, 0.25) is 5.02 Å². The molecule has 1 heterocycles. The lowest BCUT2D eigenvalue weighted by atomic mass is 10.2. The molecule has 0 atom stereocenters. The third kappa shape index (κ3) is 4.09. The van der Waals surface area contributed by atoms with E-state index in [0.717, 1.165) is 55.1 Å². The Bertz CT molecular complexity index is 780. The minimum Gasteiger partial charge on any atom is -0.494 e. The molecule has 126 valence electrons. The zero-order valence-electron chi connectivity index (χ0n) is 14.0. The van der Waals surface area contributed by atoms with Gasteiger partial charge < -0.3 is 9.30 Å². The van der Waals surface area contributed by atoms with Crippen molar-refractivity contribution in [2.45, 2.75) is 39.2 Å². The van der Waals surface area contributed by atoms with E-state index in [1.54, 1.807) is 0 Å². The van der Waals surface area contributed by atoms with E-state index in [4.69, 9.17) is 21.3 Å². The average molecular weight is 343 g/mol. The molecular weight excluding hydrogens is 320 g/mol. The van der Waals surface area contributed by atoms with E-state index in [0.29, 0.717) is 0 Å². The van der Waals surface area contributed by atoms with Crippen LogP contribution in [0.15, 0.2) is 48.5 Å². The Morgan fingerprint density at radius 3 is 2.62 bits per heavy atom. The molecular formula is C20H23ClN2O. The Balaban J connectivity index is 1.55. The summed E-state index contributed by atoms with van der Waals surface area (Å²) in [6, 6.07) is 15.9. The van der Waals surface area contributed by atoms with Crippen LogP contribution in [-0.2, 0) is 13.0 Å². The van der Waals surface area contributed by atoms with Gasteiger partial charge in [-0.25, -0.2) is 4.98 Å². The maximum Gasteiger partial charge on any atom is 0.119 e. The smallest absolute Gasteiger partial charge is 0.119 e. The predicted octanol–water partition coefficient (Wildman–Crippen LogP) is 5.50. The molecule has 0 N–H and O–H groups in total. The van der Waals surface area contributed by atoms with Crippen molar-refractivity contribution in [3.05, 3.63) is 59.4 Å². The molecule has 0 aliphatic heterocycles. The van der Waals surface area contributed by atoms with Crippen molar-refractivity contribution in [2.24, 2.45) is 0 Å². The quantitative estimate of drug-likeness (QED) is 0.505. The van der Waals surface area contributed by atoms with Gasteiger partial charge in [-0.2, -0.15) is 0 Å². The summed E-state index contributed by atoms with van der Waals surface area (Å²) >= 11 is 5.88. The first kappa shape index (κ1) is 16.8. The molecule has 0 amide bonds. The number of aryl methyl sites for hydroxylation is 2. The summed E-state index contributed by atoms with van der Waals surface area (Å²) in [6.07, 6.45) is 4.23. The lowest BCUT2D eigenvalue weighted by molar-refractivity contribution is 0.303. The molecule has 2 aromatic carbocycles. The highest BCUT2D eigenvalue weighted by Gasteiger charge is 2.09. The number of benzene rings is 2. The molecule has 0 radical (unpaired) electrons. The molecule has 3 aromatic rings. The van der Waals surface area contributed by atoms with Crippen molar-refractivity contribution >= 4 is 22.6 Å². The Morgan fingerprint density at radius 2 is 1.83 bits per heavy atom. The Labute approximate surface area is 148 Å². The molecule has 0 aliphatic rings. The highest BCUT2D eigenvalue weighted by Crippen LogP contribution is 2.19. The second-order valence-electron chi connectivity index (χ2n) is 5.93. The number of halogens is 1. The number of unbranched alkanes of at least 4 members (excludes halogenated alkanes) is 1. The van der Waals surface area contributed by atoms with Crippen LogP contribution >= 0.6 is 11.6 Å². The van der Waals surface area contributed by atoms with Gasteiger partial charge in [-0.05, 0) is 55.7 Å². The largest absolute Gasteiger partial charge is 0.494 e. The number of hydrogen-bond donors (Lipinski definition) is 0. The molecule has 4 heteroatoms. The van der Waals surface area contributed by atoms with Crippen LogP contribution in [0.25, 0.3) is 11.0 Å². The van der Waals surface area contributed by atoms with Crippen LogP contribution in [0.1, 0.15) is 32.0 Å². The van der Waals surface area contributed by atoms with E-state index in [2.05, 4.69) is 35.8 Å². The second-order valence-corrected chi connectivity index (χ2v) is 6.36. The maximum atomic E-state index is 5.88. The van der Waals surface area contributed by atoms with E-state index >= 15 is 0 Å². The third-order valence-corrected chi connectivity index (χ3v) is 4.32. The molecule has 3 nitrogen and oxygen atoms in total. The van der Waals surface area contributed by atoms with Crippen molar-refractivity contribution < 1.29 is 4.74 Å². The van der Waals surface area contributed by atoms with Crippen molar-refractivity contribution in [3.63, 3.8) is 0 Å². The number of aromatic nitrogens is 2. The summed E-state index contributed by atoms with van der Waals surface area (Å²) in [5.74, 6) is 2.07. The first-order valence-corrected chi connectivity index (χ1v) is 8.98. The van der Waals surface area contributed by atoms with Crippen LogP contribution in [0.4, 0.5) is 0 Å². The number of nitrogens with zero attached hydrogens (tertiary/aromatic N) is 2. The van der Waals surface area contributed by atoms with E-state index in [9.17, 15) is 0 Å². The van der Waals surface area contributed by atoms with E-state index in [1.165, 1.54) is 11.3 Å². The highest BCUT2D eigenvalue weighted by molar-refractivity contribution is 6.30. The van der Waals surface area contributed by atoms with Crippen molar-refractivity contribution in [3.8, 4) is 5.75 Å². The van der Waals surface area contributed by atoms with E-state index in [1.807, 2.05) is 24.3 Å². The minimum absolute atomic E-state index is 0.720. The van der Waals surface area contributed by atoms with E-state index < -0.39 is 0 Å². The average Bonchev–Trinajstić information content (AvgIpc) is 2.94. The number of ether oxygens (including phenoxy) is 1. The molecule has 0 bridgehead atoms. The molecule has 24 heavy (non-hydrogen) atoms. The normalized spacial score (nSPS) is 11.1. The number of fused-ring (bicyclic) bond motifs is 1. The van der Waals surface area contributed by atoms with Gasteiger partial charge in [-0.15, -0.1) is 0 Å². The van der Waals surface area contributed by atoms with Gasteiger partial charge >= 0.3 is 0 Å². The lowest BCUT2D eigenvalue weighted by Crippen LogP contribution is -2.06. The molecule has 0 fully saturated rings. The summed E-state index contributed by atoms with van der Waals surface area (Å²) < 4.78 is 8.12. The van der Waals surface area contributed by atoms with Gasteiger partial charge in [-0.3, -0.25) is 0 Å². The third-order valence-electron chi connectivity index (χ3n) is 4.07. The van der Waals surface area contributed by atoms with Gasteiger partial charge in [0.25, 0.3) is 0 Å². The van der Waals surface area contributed by atoms with Gasteiger partial charge in [0.15, 0.2) is 0 Å². The van der Waals surface area contributed by atoms with Crippen LogP contribution in [-0.4, -0.2) is 16.2 Å². The number of rotatable bonds is 8. The van der Waals surface area contributed by atoms with Gasteiger partial charge in [0, 0.05) is 18.0 Å². The highest BCUT2D eigenvalue weighted by atomic mass is 35.5. The predicted molar refractivity (Wildman–Crippen MR) is 99.9 cm³/mol. The fraction of sp³-hybridized carbons (Fsp3) is 0.350. The topological polar surface area (TPSA) is 27.1 Å². The summed E-state index contributed by atoms with van der Waals surface area (Å²) in [5, 5.41) is 0.734. The fourth-order valence-electron chi connectivity index (χ4n) is 2.88. The number of hydrogen-bond acceptors (Lipinski definition) is 2. The molecule has 0 unspecified atom stereocenters. The molecule has 0 spiro atoms. The fourth-order valence-corrected chi connectivity index (χ4v) is 3.01. The SMILES string of the molecule is CCCc1nc2ccccc2n1CCCCOc1ccc(Cl)cc1. The number of imidazole rings is 1. The molecule has 3 rings (SSSR count). The second kappa shape index (κ2) is 8.20. The molecule has 0 saturated carbocycles. The Morgan fingerprint density at radius 1 is 1.04 bits per heavy atom. The molecule has 1 aromatic heterocycles. The van der Waals surface area contributed by atoms with Gasteiger partial charge in [-0.1, -0.05) is 30.7 Å². The van der Waals surface area contributed by atoms with Crippen LogP contribution in [0, 0.1) is 0 Å². The Kier molecular flexibility index (Phi) is 5.76. The Hall–Kier alpha value is -2.00. The van der Waals surface area contributed by atoms with Crippen molar-refractivity contribution in [1.29, 1.82) is 0 Å². The van der Waals surface area contributed by atoms with Crippen LogP contribution in [0.3, 0.4) is 0 Å². The van der Waals surface area contributed by atoms with Crippen molar-refractivity contribution in [2.75, 3.05) is 6.61 Å². The van der Waals surface area contributed by atoms with Gasteiger partial charge in [0.2, 0.25) is 0 Å². The van der Waals surface area contributed by atoms with Gasteiger partial charge in [0.05, 0.1) is 17.6 Å². The lowest BCUT2D eigenvalue weighted by Gasteiger charge is -2.10. The zero-order chi connectivity index (χ0) is 16.8. The van der Waals surface area contributed by atoms with Gasteiger partial charge in [0.1, 0.15) is 11.6 Å². The summed E-state index contributed by atoms with van der Waals surface area (Å²) in [6.45, 7) is 3.90. The van der Waals surface area contributed by atoms with Crippen molar-refractivity contribution in [1.82, 2.24) is 9.55 Å². The standard InChI is InChI=1S/C20H23ClN2O/c1-2-7-20-22-18-8-3-4-9-19(18)23(20)14-5-6-15-24-17-12-10-16(21)11-13-17/h3-4,8-13H,2,5-7,14-15H2,1H3. The summed E-state index contributed by atoms with van der Waals surface area (Å²) in [4.78, 5) is 4.78. The first-order chi connectivity index (χ1) is 11.8. The molecule has 0 saturated heterocycles. The summed E-state index contributed by atoms with van der Waals surface area (Å²) in [7, 11) is 0.